The summed E-state index contributed by atoms with van der Waals surface area (Å²) < 4.78 is 5.21. The lowest BCUT2D eigenvalue weighted by atomic mass is 9.95. The van der Waals surface area contributed by atoms with Gasteiger partial charge < -0.3 is 14.5 Å². The van der Waals surface area contributed by atoms with Gasteiger partial charge in [-0.25, -0.2) is 5.10 Å². The molecule has 1 atom stereocenters. The Labute approximate surface area is 185 Å². The van der Waals surface area contributed by atoms with Gasteiger partial charge in [-0.3, -0.25) is 14.5 Å². The van der Waals surface area contributed by atoms with E-state index in [-0.39, 0.29) is 11.5 Å². The van der Waals surface area contributed by atoms with Crippen LogP contribution in [0.15, 0.2) is 16.9 Å². The summed E-state index contributed by atoms with van der Waals surface area (Å²) in [5.41, 5.74) is 0.546. The number of likely N-dealkylation sites (N-methyl/N-ethyl adjacent to an activating group) is 1. The zero-order chi connectivity index (χ0) is 22.1. The van der Waals surface area contributed by atoms with Crippen molar-refractivity contribution in [2.24, 2.45) is 5.92 Å². The number of aromatic nitrogens is 2. The number of nitrogens with one attached hydrogen (secondary N) is 1. The van der Waals surface area contributed by atoms with Gasteiger partial charge in [0.25, 0.3) is 5.56 Å². The highest BCUT2D eigenvalue weighted by atomic mass is 16.5. The van der Waals surface area contributed by atoms with E-state index in [1.807, 2.05) is 0 Å². The van der Waals surface area contributed by atoms with E-state index in [0.717, 1.165) is 71.0 Å². The minimum Gasteiger partial charge on any atom is -0.383 e. The van der Waals surface area contributed by atoms with E-state index in [4.69, 9.17) is 4.74 Å². The number of carbonyl (C=O) groups excluding carboxylic acids is 1. The molecule has 1 amide bonds. The predicted octanol–water partition coefficient (Wildman–Crippen LogP) is 1.37. The Balaban J connectivity index is 1.57. The zero-order valence-electron chi connectivity index (χ0n) is 19.2. The molecular weight excluding hydrogens is 394 g/mol. The number of rotatable bonds is 11. The zero-order valence-corrected chi connectivity index (χ0v) is 19.2. The maximum Gasteiger partial charge on any atom is 0.264 e. The molecule has 2 aliphatic heterocycles. The van der Waals surface area contributed by atoms with Crippen LogP contribution < -0.4 is 5.56 Å². The molecule has 174 valence electrons. The molecule has 0 aromatic carbocycles. The van der Waals surface area contributed by atoms with E-state index in [2.05, 4.69) is 31.8 Å². The summed E-state index contributed by atoms with van der Waals surface area (Å²) in [6, 6.07) is 3.66. The van der Waals surface area contributed by atoms with Crippen molar-refractivity contribution in [2.45, 2.75) is 51.5 Å². The summed E-state index contributed by atoms with van der Waals surface area (Å²) in [4.78, 5) is 31.5. The second-order valence-corrected chi connectivity index (χ2v) is 8.91. The van der Waals surface area contributed by atoms with Crippen molar-refractivity contribution in [3.63, 3.8) is 0 Å². The number of likely N-dealkylation sites (tertiary alicyclic amines) is 2. The van der Waals surface area contributed by atoms with Gasteiger partial charge in [-0.2, -0.15) is 5.10 Å². The van der Waals surface area contributed by atoms with Crippen LogP contribution in [0.5, 0.6) is 0 Å². The van der Waals surface area contributed by atoms with Crippen molar-refractivity contribution in [1.29, 1.82) is 0 Å². The highest BCUT2D eigenvalue weighted by Gasteiger charge is 2.29. The normalized spacial score (nSPS) is 20.9. The first-order valence-electron chi connectivity index (χ1n) is 11.9. The van der Waals surface area contributed by atoms with Crippen LogP contribution in [0.2, 0.25) is 0 Å². The Kier molecular flexibility index (Phi) is 9.49. The Morgan fingerprint density at radius 3 is 2.71 bits per heavy atom. The number of nitrogens with zero attached hydrogens (tertiary/aromatic N) is 4. The van der Waals surface area contributed by atoms with Crippen molar-refractivity contribution >= 4 is 5.91 Å². The number of ether oxygens (including phenoxy) is 1. The fraction of sp³-hybridized carbons (Fsp3) is 0.783. The Bertz CT molecular complexity index is 712. The molecule has 0 spiro atoms. The molecule has 1 unspecified atom stereocenters. The van der Waals surface area contributed by atoms with Crippen LogP contribution >= 0.6 is 0 Å². The lowest BCUT2D eigenvalue weighted by molar-refractivity contribution is -0.132. The van der Waals surface area contributed by atoms with Gasteiger partial charge in [0.2, 0.25) is 5.91 Å². The third-order valence-corrected chi connectivity index (χ3v) is 6.82. The average Bonchev–Trinajstić information content (AvgIpc) is 3.24. The van der Waals surface area contributed by atoms with Gasteiger partial charge in [0.1, 0.15) is 0 Å². The first kappa shape index (κ1) is 23.9. The van der Waals surface area contributed by atoms with E-state index >= 15 is 0 Å². The Hall–Kier alpha value is -1.77. The van der Waals surface area contributed by atoms with E-state index < -0.39 is 0 Å². The number of methoxy groups -OCH3 is 1. The molecule has 1 aromatic rings. The maximum absolute atomic E-state index is 13.2. The summed E-state index contributed by atoms with van der Waals surface area (Å²) in [5, 5.41) is 6.51. The molecule has 0 aliphatic carbocycles. The average molecular weight is 434 g/mol. The number of hydrogen-bond acceptors (Lipinski definition) is 6. The summed E-state index contributed by atoms with van der Waals surface area (Å²) >= 11 is 0. The fourth-order valence-electron chi connectivity index (χ4n) is 4.88. The predicted molar refractivity (Wildman–Crippen MR) is 121 cm³/mol. The van der Waals surface area contributed by atoms with Gasteiger partial charge in [-0.15, -0.1) is 0 Å². The standard InChI is InChI=1S/C23H39N5O3/c1-3-27-12-4-5-21(27)18-28(17-19-10-13-26(14-11-19)15-16-31-2)23(30)9-7-20-6-8-22(29)25-24-20/h6,8,19,21H,3-5,7,9-18H2,1-2H3,(H,25,29). The second kappa shape index (κ2) is 12.3. The number of hydrogen-bond donors (Lipinski definition) is 1. The number of piperidine rings is 1. The van der Waals surface area contributed by atoms with Gasteiger partial charge in [0.15, 0.2) is 0 Å². The van der Waals surface area contributed by atoms with Crippen LogP contribution in [-0.4, -0.2) is 96.4 Å². The Morgan fingerprint density at radius 1 is 1.23 bits per heavy atom. The largest absolute Gasteiger partial charge is 0.383 e. The van der Waals surface area contributed by atoms with Gasteiger partial charge in [-0.05, 0) is 63.8 Å². The van der Waals surface area contributed by atoms with E-state index in [1.165, 1.54) is 18.9 Å². The molecule has 3 heterocycles. The smallest absolute Gasteiger partial charge is 0.264 e. The number of carbonyl (C=O) groups is 1. The summed E-state index contributed by atoms with van der Waals surface area (Å²) in [6.07, 6.45) is 5.66. The molecule has 1 aromatic heterocycles. The fourth-order valence-corrected chi connectivity index (χ4v) is 4.88. The first-order valence-corrected chi connectivity index (χ1v) is 11.9. The van der Waals surface area contributed by atoms with Crippen molar-refractivity contribution in [3.8, 4) is 0 Å². The molecule has 31 heavy (non-hydrogen) atoms. The van der Waals surface area contributed by atoms with E-state index in [0.29, 0.717) is 24.8 Å². The maximum atomic E-state index is 13.2. The second-order valence-electron chi connectivity index (χ2n) is 8.91. The highest BCUT2D eigenvalue weighted by Crippen LogP contribution is 2.22. The summed E-state index contributed by atoms with van der Waals surface area (Å²) in [6.45, 7) is 10.0. The molecule has 0 radical (unpaired) electrons. The molecule has 2 saturated heterocycles. The Morgan fingerprint density at radius 2 is 2.03 bits per heavy atom. The lowest BCUT2D eigenvalue weighted by Gasteiger charge is -2.36. The van der Waals surface area contributed by atoms with E-state index in [9.17, 15) is 9.59 Å². The molecule has 0 bridgehead atoms. The molecule has 8 heteroatoms. The van der Waals surface area contributed by atoms with Gasteiger partial charge >= 0.3 is 0 Å². The minimum atomic E-state index is -0.213. The molecule has 2 aliphatic rings. The lowest BCUT2D eigenvalue weighted by Crippen LogP contribution is -2.46. The molecular formula is C23H39N5O3. The third kappa shape index (κ3) is 7.40. The molecule has 2 fully saturated rings. The summed E-state index contributed by atoms with van der Waals surface area (Å²) in [7, 11) is 1.75. The highest BCUT2D eigenvalue weighted by molar-refractivity contribution is 5.76. The number of amides is 1. The quantitative estimate of drug-likeness (QED) is 0.568. The summed E-state index contributed by atoms with van der Waals surface area (Å²) in [5.74, 6) is 0.767. The first-order chi connectivity index (χ1) is 15.1. The van der Waals surface area contributed by atoms with Crippen LogP contribution in [0.4, 0.5) is 0 Å². The van der Waals surface area contributed by atoms with Crippen LogP contribution in [0.25, 0.3) is 0 Å². The van der Waals surface area contributed by atoms with Crippen LogP contribution in [0.3, 0.4) is 0 Å². The van der Waals surface area contributed by atoms with Crippen LogP contribution in [0, 0.1) is 5.92 Å². The number of H-pyrrole nitrogens is 1. The van der Waals surface area contributed by atoms with Gasteiger partial charge in [0, 0.05) is 51.7 Å². The topological polar surface area (TPSA) is 81.8 Å². The molecule has 1 N–H and O–H groups in total. The number of aryl methyl sites for hydroxylation is 1. The molecule has 8 nitrogen and oxygen atoms in total. The van der Waals surface area contributed by atoms with Gasteiger partial charge in [0.05, 0.1) is 12.3 Å². The molecule has 3 rings (SSSR count). The van der Waals surface area contributed by atoms with Crippen molar-refractivity contribution in [2.75, 3.05) is 59.5 Å². The SMILES string of the molecule is CCN1CCCC1CN(CC1CCN(CCOC)CC1)C(=O)CCc1ccc(=O)[nH]n1. The number of aromatic amines is 1. The molecule has 0 saturated carbocycles. The minimum absolute atomic E-state index is 0.206. The van der Waals surface area contributed by atoms with Crippen molar-refractivity contribution < 1.29 is 9.53 Å². The van der Waals surface area contributed by atoms with Gasteiger partial charge in [-0.1, -0.05) is 6.92 Å². The van der Waals surface area contributed by atoms with Crippen molar-refractivity contribution in [1.82, 2.24) is 24.9 Å². The monoisotopic (exact) mass is 433 g/mol. The van der Waals surface area contributed by atoms with E-state index in [1.54, 1.807) is 13.2 Å². The van der Waals surface area contributed by atoms with Crippen LogP contribution in [0.1, 0.15) is 44.7 Å². The third-order valence-electron chi connectivity index (χ3n) is 6.82. The van der Waals surface area contributed by atoms with Crippen molar-refractivity contribution in [3.05, 3.63) is 28.2 Å². The van der Waals surface area contributed by atoms with Crippen LogP contribution in [-0.2, 0) is 16.0 Å².